The zero-order chi connectivity index (χ0) is 11.0. The predicted octanol–water partition coefficient (Wildman–Crippen LogP) is 2.50. The third-order valence-corrected chi connectivity index (χ3v) is 3.10. The van der Waals surface area contributed by atoms with Gasteiger partial charge in [-0.1, -0.05) is 19.3 Å². The molecular formula is C12H19N3. The number of hydrogen-bond acceptors (Lipinski definition) is 3. The molecule has 0 unspecified atom stereocenters. The highest BCUT2D eigenvalue weighted by Gasteiger charge is 2.32. The van der Waals surface area contributed by atoms with E-state index in [1.807, 2.05) is 0 Å². The summed E-state index contributed by atoms with van der Waals surface area (Å²) < 4.78 is 0. The number of nitrogens with zero attached hydrogens (tertiary/aromatic N) is 2. The van der Waals surface area contributed by atoms with Crippen LogP contribution in [0.5, 0.6) is 0 Å². The minimum absolute atomic E-state index is 0.227. The predicted molar refractivity (Wildman–Crippen MR) is 58.9 cm³/mol. The van der Waals surface area contributed by atoms with E-state index >= 15 is 0 Å². The van der Waals surface area contributed by atoms with E-state index in [0.717, 1.165) is 38.6 Å². The van der Waals surface area contributed by atoms with Crippen LogP contribution in [0.25, 0.3) is 0 Å². The maximum absolute atomic E-state index is 9.10. The minimum Gasteiger partial charge on any atom is -0.299 e. The molecule has 0 heterocycles. The van der Waals surface area contributed by atoms with Crippen LogP contribution in [0.15, 0.2) is 0 Å². The second-order valence-corrected chi connectivity index (χ2v) is 4.30. The Morgan fingerprint density at radius 2 is 1.80 bits per heavy atom. The maximum Gasteiger partial charge on any atom is 0.106 e. The largest absolute Gasteiger partial charge is 0.299 e. The number of nitrogens with one attached hydrogen (secondary N) is 1. The molecule has 0 aromatic heterocycles. The van der Waals surface area contributed by atoms with Crippen molar-refractivity contribution >= 4 is 0 Å². The van der Waals surface area contributed by atoms with Crippen molar-refractivity contribution in [1.82, 2.24) is 5.32 Å². The number of hydrogen-bond donors (Lipinski definition) is 1. The van der Waals surface area contributed by atoms with E-state index in [9.17, 15) is 0 Å². The Morgan fingerprint density at radius 3 is 2.40 bits per heavy atom. The second kappa shape index (κ2) is 6.43. The van der Waals surface area contributed by atoms with Crippen molar-refractivity contribution in [1.29, 1.82) is 10.5 Å². The zero-order valence-corrected chi connectivity index (χ0v) is 9.26. The SMILES string of the molecule is N#CCCCCCNC1(C#N)CCCC1. The lowest BCUT2D eigenvalue weighted by molar-refractivity contribution is 0.414. The van der Waals surface area contributed by atoms with Gasteiger partial charge in [-0.3, -0.25) is 5.32 Å². The first-order valence-electron chi connectivity index (χ1n) is 5.86. The Hall–Kier alpha value is -1.06. The van der Waals surface area contributed by atoms with Gasteiger partial charge in [0, 0.05) is 6.42 Å². The average molecular weight is 205 g/mol. The van der Waals surface area contributed by atoms with Gasteiger partial charge in [-0.25, -0.2) is 0 Å². The zero-order valence-electron chi connectivity index (χ0n) is 9.26. The second-order valence-electron chi connectivity index (χ2n) is 4.30. The summed E-state index contributed by atoms with van der Waals surface area (Å²) in [4.78, 5) is 0. The van der Waals surface area contributed by atoms with Crippen LogP contribution < -0.4 is 5.32 Å². The third-order valence-electron chi connectivity index (χ3n) is 3.10. The summed E-state index contributed by atoms with van der Waals surface area (Å²) in [5.41, 5.74) is -0.227. The van der Waals surface area contributed by atoms with Crippen LogP contribution in [0.4, 0.5) is 0 Å². The molecule has 0 saturated heterocycles. The highest BCUT2D eigenvalue weighted by atomic mass is 15.0. The van der Waals surface area contributed by atoms with Crippen molar-refractivity contribution in [3.8, 4) is 12.1 Å². The van der Waals surface area contributed by atoms with Gasteiger partial charge in [0.1, 0.15) is 5.54 Å². The molecule has 0 amide bonds. The molecule has 3 nitrogen and oxygen atoms in total. The summed E-state index contributed by atoms with van der Waals surface area (Å²) in [6.07, 6.45) is 8.15. The van der Waals surface area contributed by atoms with E-state index in [0.29, 0.717) is 6.42 Å². The third kappa shape index (κ3) is 3.90. The molecule has 1 fully saturated rings. The number of rotatable bonds is 6. The quantitative estimate of drug-likeness (QED) is 0.678. The van der Waals surface area contributed by atoms with Crippen molar-refractivity contribution in [3.63, 3.8) is 0 Å². The molecule has 0 aromatic carbocycles. The fourth-order valence-electron chi connectivity index (χ4n) is 2.14. The molecule has 3 heteroatoms. The summed E-state index contributed by atoms with van der Waals surface area (Å²) in [7, 11) is 0. The van der Waals surface area contributed by atoms with E-state index in [1.54, 1.807) is 0 Å². The summed E-state index contributed by atoms with van der Waals surface area (Å²) >= 11 is 0. The molecule has 1 aliphatic rings. The van der Waals surface area contributed by atoms with Crippen LogP contribution in [-0.2, 0) is 0 Å². The van der Waals surface area contributed by atoms with Crippen molar-refractivity contribution in [2.45, 2.75) is 56.9 Å². The highest BCUT2D eigenvalue weighted by Crippen LogP contribution is 2.28. The molecule has 0 aromatic rings. The molecule has 1 aliphatic carbocycles. The van der Waals surface area contributed by atoms with Crippen molar-refractivity contribution < 1.29 is 0 Å². The molecule has 0 radical (unpaired) electrons. The van der Waals surface area contributed by atoms with E-state index in [1.165, 1.54) is 12.8 Å². The lowest BCUT2D eigenvalue weighted by Gasteiger charge is -2.21. The molecule has 0 aliphatic heterocycles. The van der Waals surface area contributed by atoms with Gasteiger partial charge in [0.15, 0.2) is 0 Å². The Kier molecular flexibility index (Phi) is 5.15. The van der Waals surface area contributed by atoms with Gasteiger partial charge in [-0.2, -0.15) is 10.5 Å². The van der Waals surface area contributed by atoms with Gasteiger partial charge < -0.3 is 0 Å². The van der Waals surface area contributed by atoms with Gasteiger partial charge in [0.25, 0.3) is 0 Å². The molecular weight excluding hydrogens is 186 g/mol. The topological polar surface area (TPSA) is 59.6 Å². The lowest BCUT2D eigenvalue weighted by atomic mass is 9.99. The van der Waals surface area contributed by atoms with Crippen molar-refractivity contribution in [2.75, 3.05) is 6.54 Å². The molecule has 1 rings (SSSR count). The Labute approximate surface area is 92.1 Å². The van der Waals surface area contributed by atoms with E-state index in [-0.39, 0.29) is 5.54 Å². The average Bonchev–Trinajstić information content (AvgIpc) is 2.73. The van der Waals surface area contributed by atoms with E-state index in [4.69, 9.17) is 10.5 Å². The normalized spacial score (nSPS) is 18.3. The van der Waals surface area contributed by atoms with Gasteiger partial charge in [0.2, 0.25) is 0 Å². The Balaban J connectivity index is 2.09. The molecule has 15 heavy (non-hydrogen) atoms. The molecule has 1 N–H and O–H groups in total. The smallest absolute Gasteiger partial charge is 0.106 e. The maximum atomic E-state index is 9.10. The van der Waals surface area contributed by atoms with Crippen LogP contribution in [0.1, 0.15) is 51.4 Å². The van der Waals surface area contributed by atoms with Crippen LogP contribution in [-0.4, -0.2) is 12.1 Å². The summed E-state index contributed by atoms with van der Waals surface area (Å²) in [5, 5.41) is 20.8. The van der Waals surface area contributed by atoms with Gasteiger partial charge in [0.05, 0.1) is 12.1 Å². The number of nitriles is 2. The van der Waals surface area contributed by atoms with Crippen LogP contribution in [0.2, 0.25) is 0 Å². The van der Waals surface area contributed by atoms with Crippen molar-refractivity contribution in [3.05, 3.63) is 0 Å². The fourth-order valence-corrected chi connectivity index (χ4v) is 2.14. The van der Waals surface area contributed by atoms with Crippen LogP contribution >= 0.6 is 0 Å². The van der Waals surface area contributed by atoms with Crippen LogP contribution in [0, 0.1) is 22.7 Å². The first-order chi connectivity index (χ1) is 7.33. The fraction of sp³-hybridized carbons (Fsp3) is 0.833. The monoisotopic (exact) mass is 205 g/mol. The summed E-state index contributed by atoms with van der Waals surface area (Å²) in [6, 6.07) is 4.56. The molecule has 0 spiro atoms. The molecule has 1 saturated carbocycles. The Bertz CT molecular complexity index is 253. The lowest BCUT2D eigenvalue weighted by Crippen LogP contribution is -2.41. The first kappa shape index (κ1) is 12.0. The number of unbranched alkanes of at least 4 members (excludes halogenated alkanes) is 3. The molecule has 0 atom stereocenters. The van der Waals surface area contributed by atoms with Gasteiger partial charge in [-0.15, -0.1) is 0 Å². The minimum atomic E-state index is -0.227. The van der Waals surface area contributed by atoms with Crippen molar-refractivity contribution in [2.24, 2.45) is 0 Å². The molecule has 82 valence electrons. The highest BCUT2D eigenvalue weighted by molar-refractivity contribution is 5.09. The van der Waals surface area contributed by atoms with Crippen LogP contribution in [0.3, 0.4) is 0 Å². The van der Waals surface area contributed by atoms with Gasteiger partial charge in [-0.05, 0) is 32.2 Å². The summed E-state index contributed by atoms with van der Waals surface area (Å²) in [5.74, 6) is 0. The Morgan fingerprint density at radius 1 is 1.07 bits per heavy atom. The molecule has 0 bridgehead atoms. The van der Waals surface area contributed by atoms with Gasteiger partial charge >= 0.3 is 0 Å². The first-order valence-corrected chi connectivity index (χ1v) is 5.86. The van der Waals surface area contributed by atoms with E-state index < -0.39 is 0 Å². The standard InChI is InChI=1S/C12H19N3/c13-9-5-1-2-6-10-15-12(11-14)7-3-4-8-12/h15H,1-8,10H2. The summed E-state index contributed by atoms with van der Waals surface area (Å²) in [6.45, 7) is 0.916. The van der Waals surface area contributed by atoms with E-state index in [2.05, 4.69) is 17.5 Å².